The number of phenols is 1. The molecular formula is C32H47F5O3S. The van der Waals surface area contributed by atoms with Gasteiger partial charge in [0.15, 0.2) is 0 Å². The maximum absolute atomic E-state index is 13.0. The van der Waals surface area contributed by atoms with Crippen LogP contribution in [0.1, 0.15) is 114 Å². The summed E-state index contributed by atoms with van der Waals surface area (Å²) in [5.41, 5.74) is 2.73. The highest BCUT2D eigenvalue weighted by molar-refractivity contribution is 7.91. The predicted molar refractivity (Wildman–Crippen MR) is 153 cm³/mol. The summed E-state index contributed by atoms with van der Waals surface area (Å²) >= 11 is -1.35. The van der Waals surface area contributed by atoms with Crippen molar-refractivity contribution in [3.05, 3.63) is 29.3 Å². The molecule has 2 saturated carbocycles. The third-order valence-corrected chi connectivity index (χ3v) is 12.0. The number of fused-ring (bicyclic) bond motifs is 5. The van der Waals surface area contributed by atoms with E-state index < -0.39 is 36.1 Å². The van der Waals surface area contributed by atoms with Crippen LogP contribution in [0.3, 0.4) is 0 Å². The molecule has 0 radical (unpaired) electrons. The fourth-order valence-electron chi connectivity index (χ4n) is 8.28. The van der Waals surface area contributed by atoms with Gasteiger partial charge < -0.3 is 14.8 Å². The maximum atomic E-state index is 13.0. The van der Waals surface area contributed by atoms with E-state index in [0.717, 1.165) is 77.0 Å². The van der Waals surface area contributed by atoms with Gasteiger partial charge in [-0.2, -0.15) is 22.0 Å². The molecule has 41 heavy (non-hydrogen) atoms. The average Bonchev–Trinajstić information content (AvgIpc) is 3.20. The highest BCUT2D eigenvalue weighted by Crippen LogP contribution is 2.62. The number of rotatable bonds is 14. The summed E-state index contributed by atoms with van der Waals surface area (Å²) in [6, 6.07) is 5.92. The van der Waals surface area contributed by atoms with Crippen LogP contribution in [-0.4, -0.2) is 44.5 Å². The van der Waals surface area contributed by atoms with Gasteiger partial charge in [-0.15, -0.1) is 0 Å². The minimum atomic E-state index is -5.54. The van der Waals surface area contributed by atoms with E-state index in [9.17, 15) is 36.7 Å². The van der Waals surface area contributed by atoms with Gasteiger partial charge in [-0.25, -0.2) is 0 Å². The molecule has 3 aliphatic rings. The molecule has 0 aromatic heterocycles. The Kier molecular flexibility index (Phi) is 11.0. The van der Waals surface area contributed by atoms with E-state index in [2.05, 4.69) is 13.0 Å². The number of alkyl halides is 5. The normalized spacial score (nSPS) is 30.5. The zero-order valence-electron chi connectivity index (χ0n) is 24.2. The molecule has 0 bridgehead atoms. The topological polar surface area (TPSA) is 63.5 Å². The van der Waals surface area contributed by atoms with Crippen LogP contribution >= 0.6 is 0 Å². The molecule has 2 fully saturated rings. The van der Waals surface area contributed by atoms with Crippen molar-refractivity contribution >= 4 is 11.2 Å². The SMILES string of the molecule is C[C@]12CC[C@@H]3c4ccc(O)cc4C[C@@H](CCCCCCCCC[S+]([O-])CCCC(F)(F)C(F)(F)F)C3[C@@H]1CC[C@@H]2O. The smallest absolute Gasteiger partial charge is 0.453 e. The first-order chi connectivity index (χ1) is 19.3. The molecule has 0 aliphatic heterocycles. The van der Waals surface area contributed by atoms with Gasteiger partial charge in [0.1, 0.15) is 17.3 Å². The Balaban J connectivity index is 1.15. The van der Waals surface area contributed by atoms with Crippen LogP contribution in [0.5, 0.6) is 5.75 Å². The Bertz CT molecular complexity index is 989. The molecule has 0 heterocycles. The Morgan fingerprint density at radius 2 is 1.59 bits per heavy atom. The van der Waals surface area contributed by atoms with E-state index in [4.69, 9.17) is 0 Å². The molecule has 2 N–H and O–H groups in total. The molecule has 3 nitrogen and oxygen atoms in total. The van der Waals surface area contributed by atoms with Gasteiger partial charge >= 0.3 is 12.1 Å². The molecule has 1 aromatic rings. The van der Waals surface area contributed by atoms with Crippen molar-refractivity contribution in [2.45, 2.75) is 127 Å². The van der Waals surface area contributed by atoms with E-state index in [1.54, 1.807) is 0 Å². The van der Waals surface area contributed by atoms with Crippen LogP contribution in [0.25, 0.3) is 0 Å². The summed E-state index contributed by atoms with van der Waals surface area (Å²) in [6.07, 6.45) is 5.97. The maximum Gasteiger partial charge on any atom is 0.453 e. The van der Waals surface area contributed by atoms with Crippen LogP contribution < -0.4 is 0 Å². The number of halogens is 5. The third-order valence-electron chi connectivity index (χ3n) is 10.6. The summed E-state index contributed by atoms with van der Waals surface area (Å²) in [7, 11) is 0. The van der Waals surface area contributed by atoms with E-state index in [-0.39, 0.29) is 17.3 Å². The van der Waals surface area contributed by atoms with Gasteiger partial charge in [0.05, 0.1) is 6.10 Å². The van der Waals surface area contributed by atoms with Gasteiger partial charge in [-0.1, -0.05) is 56.3 Å². The monoisotopic (exact) mass is 606 g/mol. The fraction of sp³-hybridized carbons (Fsp3) is 0.812. The number of unbranched alkanes of at least 4 members (excludes halogenated alkanes) is 6. The molecule has 3 aliphatic carbocycles. The zero-order valence-corrected chi connectivity index (χ0v) is 25.1. The number of aliphatic hydroxyl groups is 1. The lowest BCUT2D eigenvalue weighted by atomic mass is 9.52. The molecule has 0 amide bonds. The largest absolute Gasteiger partial charge is 0.616 e. The number of hydrogen-bond donors (Lipinski definition) is 2. The second-order valence-electron chi connectivity index (χ2n) is 13.2. The molecule has 4 rings (SSSR count). The molecule has 0 saturated heterocycles. The quantitative estimate of drug-likeness (QED) is 0.127. The molecule has 0 spiro atoms. The van der Waals surface area contributed by atoms with Crippen molar-refractivity contribution in [3.63, 3.8) is 0 Å². The summed E-state index contributed by atoms with van der Waals surface area (Å²) in [5, 5.41) is 21.0. The first-order valence-electron chi connectivity index (χ1n) is 15.6. The summed E-state index contributed by atoms with van der Waals surface area (Å²) in [4.78, 5) is 0. The first kappa shape index (κ1) is 32.8. The minimum absolute atomic E-state index is 0.0195. The Labute approximate surface area is 244 Å². The third kappa shape index (κ3) is 7.72. The highest BCUT2D eigenvalue weighted by Gasteiger charge is 2.57. The van der Waals surface area contributed by atoms with Crippen LogP contribution in [0.2, 0.25) is 0 Å². The number of hydrogen-bond acceptors (Lipinski definition) is 3. The molecule has 9 heteroatoms. The van der Waals surface area contributed by atoms with Gasteiger partial charge in [0, 0.05) is 6.42 Å². The number of aromatic hydroxyl groups is 1. The number of aliphatic hydroxyl groups excluding tert-OH is 1. The van der Waals surface area contributed by atoms with Crippen molar-refractivity contribution in [1.82, 2.24) is 0 Å². The standard InChI is InChI=1S/C32H47F5O3S/c1-30-17-15-26-25-12-11-24(38)21-23(25)20-22(29(26)27(30)13-14-28(30)39)10-7-5-3-2-4-6-8-18-41(40)19-9-16-31(33,34)32(35,36)37/h11-12,21-22,26-29,38-39H,2-10,13-20H2,1H3/t22-,26-,27+,28+,29?,30+,41?/m1/s1. The Hall–Kier alpha value is -1.06. The Morgan fingerprint density at radius 3 is 2.29 bits per heavy atom. The van der Waals surface area contributed by atoms with E-state index in [1.165, 1.54) is 11.1 Å². The first-order valence-corrected chi connectivity index (χ1v) is 17.1. The van der Waals surface area contributed by atoms with E-state index >= 15 is 0 Å². The minimum Gasteiger partial charge on any atom is -0.616 e. The van der Waals surface area contributed by atoms with Crippen molar-refractivity contribution in [2.75, 3.05) is 11.5 Å². The van der Waals surface area contributed by atoms with Crippen LogP contribution in [0.4, 0.5) is 22.0 Å². The lowest BCUT2D eigenvalue weighted by Gasteiger charge is -2.53. The molecule has 2 unspecified atom stereocenters. The second kappa shape index (κ2) is 13.7. The van der Waals surface area contributed by atoms with Crippen molar-refractivity contribution in [3.8, 4) is 5.75 Å². The zero-order chi connectivity index (χ0) is 29.8. The summed E-state index contributed by atoms with van der Waals surface area (Å²) in [5.74, 6) is -1.91. The van der Waals surface area contributed by atoms with Crippen LogP contribution in [0, 0.1) is 23.2 Å². The molecule has 7 atom stereocenters. The lowest BCUT2D eigenvalue weighted by molar-refractivity contribution is -0.284. The Morgan fingerprint density at radius 1 is 0.927 bits per heavy atom. The van der Waals surface area contributed by atoms with Crippen molar-refractivity contribution in [1.29, 1.82) is 0 Å². The molecular weight excluding hydrogens is 559 g/mol. The van der Waals surface area contributed by atoms with Gasteiger partial charge in [0.2, 0.25) is 0 Å². The summed E-state index contributed by atoms with van der Waals surface area (Å²) in [6.45, 7) is 2.30. The fourth-order valence-corrected chi connectivity index (χ4v) is 9.48. The van der Waals surface area contributed by atoms with Crippen molar-refractivity contribution in [2.24, 2.45) is 23.2 Å². The highest BCUT2D eigenvalue weighted by atomic mass is 32.2. The van der Waals surface area contributed by atoms with E-state index in [1.807, 2.05) is 12.1 Å². The van der Waals surface area contributed by atoms with Gasteiger partial charge in [-0.3, -0.25) is 0 Å². The predicted octanol–water partition coefficient (Wildman–Crippen LogP) is 8.68. The molecule has 234 valence electrons. The summed E-state index contributed by atoms with van der Waals surface area (Å²) < 4.78 is 74.5. The van der Waals surface area contributed by atoms with Crippen LogP contribution in [-0.2, 0) is 17.6 Å². The second-order valence-corrected chi connectivity index (χ2v) is 14.9. The number of benzene rings is 1. The van der Waals surface area contributed by atoms with Crippen molar-refractivity contribution < 1.29 is 36.7 Å². The van der Waals surface area contributed by atoms with Gasteiger partial charge in [-0.05, 0) is 110 Å². The van der Waals surface area contributed by atoms with E-state index in [0.29, 0.717) is 41.6 Å². The lowest BCUT2D eigenvalue weighted by Crippen LogP contribution is -2.47. The van der Waals surface area contributed by atoms with Crippen LogP contribution in [0.15, 0.2) is 18.2 Å². The molecule has 1 aromatic carbocycles. The number of phenolic OH excluding ortho intramolecular Hbond substituents is 1. The van der Waals surface area contributed by atoms with Gasteiger partial charge in [0.25, 0.3) is 0 Å². The average molecular weight is 607 g/mol.